The predicted octanol–water partition coefficient (Wildman–Crippen LogP) is 3.40. The number of aryl methyl sites for hydroxylation is 1. The van der Waals surface area contributed by atoms with Crippen molar-refractivity contribution in [1.29, 1.82) is 0 Å². The zero-order valence-corrected chi connectivity index (χ0v) is 10.6. The molecule has 0 saturated heterocycles. The summed E-state index contributed by atoms with van der Waals surface area (Å²) in [5, 5.41) is 9.38. The lowest BCUT2D eigenvalue weighted by Crippen LogP contribution is -2.08. The summed E-state index contributed by atoms with van der Waals surface area (Å²) in [5.41, 5.74) is 0.883. The van der Waals surface area contributed by atoms with Gasteiger partial charge in [0.2, 0.25) is 0 Å². The Kier molecular flexibility index (Phi) is 3.66. The second-order valence-electron chi connectivity index (χ2n) is 3.94. The zero-order valence-electron chi connectivity index (χ0n) is 9.85. The second-order valence-corrected chi connectivity index (χ2v) is 4.34. The lowest BCUT2D eigenvalue weighted by Gasteiger charge is -2.10. The van der Waals surface area contributed by atoms with Crippen LogP contribution in [0.1, 0.15) is 16.8 Å². The Morgan fingerprint density at radius 1 is 1.37 bits per heavy atom. The molecule has 0 aliphatic carbocycles. The van der Waals surface area contributed by atoms with Crippen LogP contribution in [-0.4, -0.2) is 15.2 Å². The van der Waals surface area contributed by atoms with Crippen molar-refractivity contribution in [2.45, 2.75) is 19.6 Å². The molecule has 2 N–H and O–H groups in total. The number of anilines is 1. The Bertz CT molecular complexity index is 580. The molecule has 0 aliphatic rings. The van der Waals surface area contributed by atoms with Crippen LogP contribution in [0.2, 0.25) is 5.02 Å². The molecule has 0 spiro atoms. The topological polar surface area (TPSA) is 53.6 Å². The van der Waals surface area contributed by atoms with Gasteiger partial charge in [-0.1, -0.05) is 11.6 Å². The fourth-order valence-electron chi connectivity index (χ4n) is 1.45. The number of halogens is 4. The van der Waals surface area contributed by atoms with E-state index >= 15 is 0 Å². The van der Waals surface area contributed by atoms with E-state index < -0.39 is 11.7 Å². The van der Waals surface area contributed by atoms with Crippen LogP contribution in [0, 0.1) is 6.92 Å². The highest BCUT2D eigenvalue weighted by molar-refractivity contribution is 6.32. The third-order valence-electron chi connectivity index (χ3n) is 2.53. The molecule has 102 valence electrons. The van der Waals surface area contributed by atoms with Crippen molar-refractivity contribution in [2.24, 2.45) is 0 Å². The van der Waals surface area contributed by atoms with Gasteiger partial charge in [0.1, 0.15) is 5.82 Å². The largest absolute Gasteiger partial charge is 0.417 e. The Hall–Kier alpha value is -1.76. The Balaban J connectivity index is 2.12. The van der Waals surface area contributed by atoms with Crippen LogP contribution in [0.15, 0.2) is 18.5 Å². The van der Waals surface area contributed by atoms with E-state index in [0.29, 0.717) is 6.54 Å². The fraction of sp³-hybridized carbons (Fsp3) is 0.273. The highest BCUT2D eigenvalue weighted by Gasteiger charge is 2.31. The van der Waals surface area contributed by atoms with Crippen molar-refractivity contribution in [2.75, 3.05) is 5.32 Å². The monoisotopic (exact) mass is 290 g/mol. The summed E-state index contributed by atoms with van der Waals surface area (Å²) in [4.78, 5) is 3.68. The summed E-state index contributed by atoms with van der Waals surface area (Å²) in [6.45, 7) is 2.21. The molecule has 19 heavy (non-hydrogen) atoms. The maximum absolute atomic E-state index is 12.4. The number of alkyl halides is 3. The minimum Gasteiger partial charge on any atom is -0.363 e. The van der Waals surface area contributed by atoms with Gasteiger partial charge in [-0.3, -0.25) is 5.10 Å². The molecule has 0 aliphatic heterocycles. The molecule has 2 rings (SSSR count). The van der Waals surface area contributed by atoms with Gasteiger partial charge in [0.15, 0.2) is 0 Å². The average Bonchev–Trinajstić information content (AvgIpc) is 2.72. The number of pyridine rings is 1. The van der Waals surface area contributed by atoms with Gasteiger partial charge in [-0.2, -0.15) is 18.3 Å². The normalized spacial score (nSPS) is 11.6. The molecule has 8 heteroatoms. The number of aromatic nitrogens is 3. The molecule has 0 atom stereocenters. The standard InChI is InChI=1S/C11H10ClF3N4/c1-6-3-18-19-9(6)5-17-10-8(12)2-7(4-16-10)11(13,14)15/h2-4H,5H2,1H3,(H,16,17)(H,18,19). The molecule has 0 radical (unpaired) electrons. The first-order chi connectivity index (χ1) is 8.88. The molecule has 0 amide bonds. The molecular weight excluding hydrogens is 281 g/mol. The minimum absolute atomic E-state index is 0.0769. The van der Waals surface area contributed by atoms with Crippen molar-refractivity contribution in [3.63, 3.8) is 0 Å². The molecular formula is C11H10ClF3N4. The number of H-pyrrole nitrogens is 1. The first-order valence-electron chi connectivity index (χ1n) is 5.33. The van der Waals surface area contributed by atoms with Crippen molar-refractivity contribution in [3.05, 3.63) is 40.3 Å². The van der Waals surface area contributed by atoms with E-state index in [0.717, 1.165) is 23.5 Å². The van der Waals surface area contributed by atoms with Gasteiger partial charge in [-0.25, -0.2) is 4.98 Å². The molecule has 2 aromatic rings. The average molecular weight is 291 g/mol. The van der Waals surface area contributed by atoms with E-state index in [1.54, 1.807) is 6.20 Å². The van der Waals surface area contributed by atoms with Gasteiger partial charge in [0.05, 0.1) is 29.0 Å². The maximum Gasteiger partial charge on any atom is 0.417 e. The molecule has 0 bridgehead atoms. The lowest BCUT2D eigenvalue weighted by molar-refractivity contribution is -0.137. The van der Waals surface area contributed by atoms with Gasteiger partial charge in [0, 0.05) is 6.20 Å². The van der Waals surface area contributed by atoms with E-state index in [4.69, 9.17) is 11.6 Å². The Morgan fingerprint density at radius 2 is 2.11 bits per heavy atom. The summed E-state index contributed by atoms with van der Waals surface area (Å²) >= 11 is 5.76. The highest BCUT2D eigenvalue weighted by atomic mass is 35.5. The van der Waals surface area contributed by atoms with Gasteiger partial charge in [-0.05, 0) is 18.6 Å². The van der Waals surface area contributed by atoms with Crippen LogP contribution in [-0.2, 0) is 12.7 Å². The van der Waals surface area contributed by atoms with Gasteiger partial charge < -0.3 is 5.32 Å². The minimum atomic E-state index is -4.45. The van der Waals surface area contributed by atoms with Gasteiger partial charge in [-0.15, -0.1) is 0 Å². The fourth-order valence-corrected chi connectivity index (χ4v) is 1.68. The Labute approximate surface area is 112 Å². The van der Waals surface area contributed by atoms with Crippen LogP contribution in [0.5, 0.6) is 0 Å². The first-order valence-corrected chi connectivity index (χ1v) is 5.71. The van der Waals surface area contributed by atoms with E-state index in [1.165, 1.54) is 0 Å². The van der Waals surface area contributed by atoms with E-state index in [2.05, 4.69) is 20.5 Å². The number of rotatable bonds is 3. The molecule has 2 aromatic heterocycles. The first kappa shape index (κ1) is 13.7. The van der Waals surface area contributed by atoms with Crippen LogP contribution >= 0.6 is 11.6 Å². The lowest BCUT2D eigenvalue weighted by atomic mass is 10.2. The summed E-state index contributed by atoms with van der Waals surface area (Å²) in [6, 6.07) is 0.844. The smallest absolute Gasteiger partial charge is 0.363 e. The molecule has 0 saturated carbocycles. The molecule has 0 aromatic carbocycles. The SMILES string of the molecule is Cc1cn[nH]c1CNc1ncc(C(F)(F)F)cc1Cl. The third kappa shape index (κ3) is 3.17. The number of nitrogens with zero attached hydrogens (tertiary/aromatic N) is 2. The predicted molar refractivity (Wildman–Crippen MR) is 64.9 cm³/mol. The summed E-state index contributed by atoms with van der Waals surface area (Å²) in [5.74, 6) is 0.198. The summed E-state index contributed by atoms with van der Waals surface area (Å²) in [6.07, 6.45) is -2.05. The molecule has 2 heterocycles. The van der Waals surface area contributed by atoms with E-state index in [-0.39, 0.29) is 10.8 Å². The summed E-state index contributed by atoms with van der Waals surface area (Å²) < 4.78 is 37.3. The van der Waals surface area contributed by atoms with Crippen molar-refractivity contribution in [1.82, 2.24) is 15.2 Å². The quantitative estimate of drug-likeness (QED) is 0.911. The highest BCUT2D eigenvalue weighted by Crippen LogP contribution is 2.32. The van der Waals surface area contributed by atoms with Gasteiger partial charge in [0.25, 0.3) is 0 Å². The van der Waals surface area contributed by atoms with Crippen molar-refractivity contribution in [3.8, 4) is 0 Å². The van der Waals surface area contributed by atoms with Gasteiger partial charge >= 0.3 is 6.18 Å². The van der Waals surface area contributed by atoms with E-state index in [9.17, 15) is 13.2 Å². The van der Waals surface area contributed by atoms with Crippen molar-refractivity contribution >= 4 is 17.4 Å². The molecule has 0 unspecified atom stereocenters. The van der Waals surface area contributed by atoms with Crippen LogP contribution in [0.3, 0.4) is 0 Å². The Morgan fingerprint density at radius 3 is 2.63 bits per heavy atom. The molecule has 4 nitrogen and oxygen atoms in total. The number of hydrogen-bond donors (Lipinski definition) is 2. The maximum atomic E-state index is 12.4. The van der Waals surface area contributed by atoms with Crippen LogP contribution in [0.25, 0.3) is 0 Å². The summed E-state index contributed by atoms with van der Waals surface area (Å²) in [7, 11) is 0. The third-order valence-corrected chi connectivity index (χ3v) is 2.82. The van der Waals surface area contributed by atoms with Crippen LogP contribution < -0.4 is 5.32 Å². The van der Waals surface area contributed by atoms with E-state index in [1.807, 2.05) is 6.92 Å². The van der Waals surface area contributed by atoms with Crippen molar-refractivity contribution < 1.29 is 13.2 Å². The second kappa shape index (κ2) is 5.08. The number of nitrogens with one attached hydrogen (secondary N) is 2. The molecule has 0 fully saturated rings. The number of aromatic amines is 1. The zero-order chi connectivity index (χ0) is 14.0. The number of hydrogen-bond acceptors (Lipinski definition) is 3. The van der Waals surface area contributed by atoms with Crippen LogP contribution in [0.4, 0.5) is 19.0 Å².